The Bertz CT molecular complexity index is 1040. The Hall–Kier alpha value is -3.19. The van der Waals surface area contributed by atoms with Crippen LogP contribution in [-0.4, -0.2) is 25.4 Å². The molecule has 1 heterocycles. The fraction of sp³-hybridized carbons (Fsp3) is 0.182. The van der Waals surface area contributed by atoms with Gasteiger partial charge in [0, 0.05) is 24.0 Å². The number of carbonyl (C=O) groups excluding carboxylic acids is 1. The van der Waals surface area contributed by atoms with Crippen LogP contribution in [0.2, 0.25) is 0 Å². The second-order valence-corrected chi connectivity index (χ2v) is 8.45. The van der Waals surface area contributed by atoms with Gasteiger partial charge < -0.3 is 5.32 Å². The van der Waals surface area contributed by atoms with Crippen LogP contribution in [0, 0.1) is 0 Å². The Kier molecular flexibility index (Phi) is 6.61. The molecule has 7 heteroatoms. The zero-order chi connectivity index (χ0) is 20.7. The highest BCUT2D eigenvalue weighted by molar-refractivity contribution is 7.92. The molecule has 0 saturated heterocycles. The number of aryl methyl sites for hydroxylation is 1. The molecule has 1 aromatic heterocycles. The quantitative estimate of drug-likeness (QED) is 0.595. The van der Waals surface area contributed by atoms with E-state index < -0.39 is 10.0 Å². The molecular weight excluding hydrogens is 386 g/mol. The molecular formula is C22H23N3O3S. The number of benzene rings is 2. The Morgan fingerprint density at radius 1 is 0.966 bits per heavy atom. The van der Waals surface area contributed by atoms with E-state index in [-0.39, 0.29) is 16.8 Å². The fourth-order valence-electron chi connectivity index (χ4n) is 2.83. The summed E-state index contributed by atoms with van der Waals surface area (Å²) in [5.41, 5.74) is 2.07. The average Bonchev–Trinajstić information content (AvgIpc) is 2.73. The smallest absolute Gasteiger partial charge is 0.261 e. The molecule has 6 nitrogen and oxygen atoms in total. The summed E-state index contributed by atoms with van der Waals surface area (Å²) in [6, 6.07) is 19.1. The molecule has 0 spiro atoms. The van der Waals surface area contributed by atoms with Crippen molar-refractivity contribution in [1.82, 2.24) is 10.3 Å². The number of sulfonamides is 1. The highest BCUT2D eigenvalue weighted by Gasteiger charge is 2.16. The molecule has 0 radical (unpaired) electrons. The molecule has 0 aliphatic rings. The van der Waals surface area contributed by atoms with Gasteiger partial charge in [0.25, 0.3) is 15.9 Å². The zero-order valence-corrected chi connectivity index (χ0v) is 16.9. The normalized spacial score (nSPS) is 12.2. The van der Waals surface area contributed by atoms with E-state index in [0.29, 0.717) is 11.3 Å². The van der Waals surface area contributed by atoms with Crippen molar-refractivity contribution in [2.75, 3.05) is 4.72 Å². The number of nitrogens with zero attached hydrogens (tertiary/aromatic N) is 1. The van der Waals surface area contributed by atoms with Crippen molar-refractivity contribution in [3.63, 3.8) is 0 Å². The monoisotopic (exact) mass is 409 g/mol. The molecule has 0 unspecified atom stereocenters. The van der Waals surface area contributed by atoms with Crippen molar-refractivity contribution in [2.24, 2.45) is 0 Å². The number of hydrogen-bond donors (Lipinski definition) is 2. The summed E-state index contributed by atoms with van der Waals surface area (Å²) in [6.45, 7) is 1.96. The average molecular weight is 410 g/mol. The van der Waals surface area contributed by atoms with Crippen molar-refractivity contribution in [2.45, 2.75) is 30.7 Å². The van der Waals surface area contributed by atoms with Gasteiger partial charge in [0.15, 0.2) is 0 Å². The first kappa shape index (κ1) is 20.5. The lowest BCUT2D eigenvalue weighted by atomic mass is 10.1. The highest BCUT2D eigenvalue weighted by Crippen LogP contribution is 2.16. The summed E-state index contributed by atoms with van der Waals surface area (Å²) in [5, 5.41) is 2.95. The van der Waals surface area contributed by atoms with Crippen LogP contribution in [0.4, 0.5) is 5.69 Å². The molecule has 1 amide bonds. The first-order chi connectivity index (χ1) is 13.9. The van der Waals surface area contributed by atoms with Crippen LogP contribution >= 0.6 is 0 Å². The first-order valence-corrected chi connectivity index (χ1v) is 10.8. The van der Waals surface area contributed by atoms with E-state index in [1.165, 1.54) is 42.2 Å². The summed E-state index contributed by atoms with van der Waals surface area (Å²) >= 11 is 0. The zero-order valence-electron chi connectivity index (χ0n) is 16.1. The maximum atomic E-state index is 12.4. The van der Waals surface area contributed by atoms with Crippen LogP contribution in [0.1, 0.15) is 29.3 Å². The number of amides is 1. The fourth-order valence-corrected chi connectivity index (χ4v) is 3.89. The number of anilines is 1. The minimum absolute atomic E-state index is 0.000489. The van der Waals surface area contributed by atoms with Gasteiger partial charge in [0.05, 0.1) is 10.6 Å². The van der Waals surface area contributed by atoms with E-state index in [1.807, 2.05) is 25.1 Å². The molecule has 3 rings (SSSR count). The van der Waals surface area contributed by atoms with E-state index >= 15 is 0 Å². The van der Waals surface area contributed by atoms with Crippen molar-refractivity contribution in [1.29, 1.82) is 0 Å². The number of rotatable bonds is 8. The summed E-state index contributed by atoms with van der Waals surface area (Å²) in [7, 11) is -3.73. The third kappa shape index (κ3) is 5.89. The second kappa shape index (κ2) is 9.34. The molecule has 1 atom stereocenters. The van der Waals surface area contributed by atoms with Crippen LogP contribution in [0.5, 0.6) is 0 Å². The Morgan fingerprint density at radius 2 is 1.62 bits per heavy atom. The van der Waals surface area contributed by atoms with E-state index in [0.717, 1.165) is 12.8 Å². The predicted molar refractivity (Wildman–Crippen MR) is 113 cm³/mol. The topological polar surface area (TPSA) is 88.2 Å². The molecule has 0 bridgehead atoms. The van der Waals surface area contributed by atoms with Crippen LogP contribution < -0.4 is 10.0 Å². The van der Waals surface area contributed by atoms with Gasteiger partial charge in [-0.2, -0.15) is 0 Å². The van der Waals surface area contributed by atoms with Gasteiger partial charge in [-0.1, -0.05) is 30.3 Å². The van der Waals surface area contributed by atoms with Crippen LogP contribution in [0.25, 0.3) is 0 Å². The summed E-state index contributed by atoms with van der Waals surface area (Å²) < 4.78 is 27.4. The van der Waals surface area contributed by atoms with Gasteiger partial charge >= 0.3 is 0 Å². The van der Waals surface area contributed by atoms with Crippen molar-refractivity contribution < 1.29 is 13.2 Å². The minimum atomic E-state index is -3.73. The molecule has 150 valence electrons. The SMILES string of the molecule is C[C@@H](CCc1ccccc1)NC(=O)c1ccc(S(=O)(=O)Nc2ccncc2)cc1. The lowest BCUT2D eigenvalue weighted by molar-refractivity contribution is 0.0938. The number of carbonyl (C=O) groups is 1. The second-order valence-electron chi connectivity index (χ2n) is 6.76. The van der Waals surface area contributed by atoms with Crippen LogP contribution in [0.3, 0.4) is 0 Å². The van der Waals surface area contributed by atoms with Gasteiger partial charge in [0.2, 0.25) is 0 Å². The Labute approximate surface area is 171 Å². The number of nitrogens with one attached hydrogen (secondary N) is 2. The first-order valence-electron chi connectivity index (χ1n) is 9.32. The Balaban J connectivity index is 1.58. The highest BCUT2D eigenvalue weighted by atomic mass is 32.2. The van der Waals surface area contributed by atoms with Gasteiger partial charge in [0.1, 0.15) is 0 Å². The van der Waals surface area contributed by atoms with Gasteiger partial charge in [-0.25, -0.2) is 8.42 Å². The number of pyridine rings is 1. The molecule has 3 aromatic rings. The third-order valence-corrected chi connectivity index (χ3v) is 5.84. The van der Waals surface area contributed by atoms with Crippen molar-refractivity contribution in [3.8, 4) is 0 Å². The van der Waals surface area contributed by atoms with E-state index in [2.05, 4.69) is 27.2 Å². The van der Waals surface area contributed by atoms with E-state index in [4.69, 9.17) is 0 Å². The lowest BCUT2D eigenvalue weighted by Gasteiger charge is -2.14. The maximum absolute atomic E-state index is 12.4. The summed E-state index contributed by atoms with van der Waals surface area (Å²) in [5.74, 6) is -0.225. The largest absolute Gasteiger partial charge is 0.350 e. The maximum Gasteiger partial charge on any atom is 0.261 e. The predicted octanol–water partition coefficient (Wildman–Crippen LogP) is 3.63. The minimum Gasteiger partial charge on any atom is -0.350 e. The Morgan fingerprint density at radius 3 is 2.28 bits per heavy atom. The van der Waals surface area contributed by atoms with E-state index in [9.17, 15) is 13.2 Å². The molecule has 2 aromatic carbocycles. The van der Waals surface area contributed by atoms with Gasteiger partial charge in [-0.3, -0.25) is 14.5 Å². The van der Waals surface area contributed by atoms with Crippen molar-refractivity contribution >= 4 is 21.6 Å². The van der Waals surface area contributed by atoms with Crippen LogP contribution in [0.15, 0.2) is 84.0 Å². The molecule has 0 aliphatic heterocycles. The molecule has 29 heavy (non-hydrogen) atoms. The standard InChI is InChI=1S/C22H23N3O3S/c1-17(7-8-18-5-3-2-4-6-18)24-22(26)19-9-11-21(12-10-19)29(27,28)25-20-13-15-23-16-14-20/h2-6,9-17H,7-8H2,1H3,(H,23,25)(H,24,26)/t17-/m0/s1. The van der Waals surface area contributed by atoms with Gasteiger partial charge in [-0.05, 0) is 61.7 Å². The number of aromatic nitrogens is 1. The molecule has 0 saturated carbocycles. The summed E-state index contributed by atoms with van der Waals surface area (Å²) in [4.78, 5) is 16.4. The molecule has 0 fully saturated rings. The van der Waals surface area contributed by atoms with E-state index in [1.54, 1.807) is 12.1 Å². The third-order valence-electron chi connectivity index (χ3n) is 4.45. The molecule has 0 aliphatic carbocycles. The summed E-state index contributed by atoms with van der Waals surface area (Å²) in [6.07, 6.45) is 4.70. The molecule has 2 N–H and O–H groups in total. The van der Waals surface area contributed by atoms with Crippen molar-refractivity contribution in [3.05, 3.63) is 90.3 Å². The van der Waals surface area contributed by atoms with Crippen LogP contribution in [-0.2, 0) is 16.4 Å². The number of hydrogen-bond acceptors (Lipinski definition) is 4. The lowest BCUT2D eigenvalue weighted by Crippen LogP contribution is -2.32. The van der Waals surface area contributed by atoms with Gasteiger partial charge in [-0.15, -0.1) is 0 Å².